The molecule has 98 valence electrons. The highest BCUT2D eigenvalue weighted by Gasteiger charge is 2.18. The van der Waals surface area contributed by atoms with E-state index in [1.807, 2.05) is 19.9 Å². The standard InChI is InChI=1S/C13H18N2O2S/c1-3-11(4-2)10-15-18(16,17)13-8-6-5-7-12(13)9-14/h5-8,11,15H,3-4,10H2,1-2H3. The number of benzene rings is 1. The van der Waals surface area contributed by atoms with Gasteiger partial charge in [-0.1, -0.05) is 38.8 Å². The lowest BCUT2D eigenvalue weighted by atomic mass is 10.0. The number of hydrogen-bond acceptors (Lipinski definition) is 3. The summed E-state index contributed by atoms with van der Waals surface area (Å²) in [6.07, 6.45) is 1.86. The third kappa shape index (κ3) is 3.56. The zero-order chi connectivity index (χ0) is 13.6. The number of nitrogens with one attached hydrogen (secondary N) is 1. The smallest absolute Gasteiger partial charge is 0.211 e. The van der Waals surface area contributed by atoms with Crippen molar-refractivity contribution in [2.45, 2.75) is 31.6 Å². The molecule has 0 bridgehead atoms. The summed E-state index contributed by atoms with van der Waals surface area (Å²) in [7, 11) is -3.59. The monoisotopic (exact) mass is 266 g/mol. The van der Waals surface area contributed by atoms with Crippen LogP contribution in [0.15, 0.2) is 29.2 Å². The average Bonchev–Trinajstić information content (AvgIpc) is 2.39. The van der Waals surface area contributed by atoms with Crippen LogP contribution in [-0.2, 0) is 10.0 Å². The van der Waals surface area contributed by atoms with Crippen LogP contribution < -0.4 is 4.72 Å². The second kappa shape index (κ2) is 6.53. The van der Waals surface area contributed by atoms with Gasteiger partial charge in [-0.15, -0.1) is 0 Å². The van der Waals surface area contributed by atoms with Gasteiger partial charge >= 0.3 is 0 Å². The summed E-state index contributed by atoms with van der Waals surface area (Å²) in [5.74, 6) is 0.328. The van der Waals surface area contributed by atoms with Gasteiger partial charge in [-0.05, 0) is 18.1 Å². The Morgan fingerprint density at radius 3 is 2.44 bits per heavy atom. The Bertz CT molecular complexity index is 528. The summed E-state index contributed by atoms with van der Waals surface area (Å²) in [5, 5.41) is 8.91. The lowest BCUT2D eigenvalue weighted by Gasteiger charge is -2.14. The number of hydrogen-bond donors (Lipinski definition) is 1. The Hall–Kier alpha value is -1.38. The molecule has 0 fully saturated rings. The Kier molecular flexibility index (Phi) is 5.32. The fourth-order valence-corrected chi connectivity index (χ4v) is 2.95. The fourth-order valence-electron chi connectivity index (χ4n) is 1.68. The van der Waals surface area contributed by atoms with Crippen LogP contribution in [0.4, 0.5) is 0 Å². The van der Waals surface area contributed by atoms with E-state index in [9.17, 15) is 8.42 Å². The van der Waals surface area contributed by atoms with Gasteiger partial charge in [-0.3, -0.25) is 0 Å². The quantitative estimate of drug-likeness (QED) is 0.858. The van der Waals surface area contributed by atoms with Crippen molar-refractivity contribution in [2.75, 3.05) is 6.54 Å². The van der Waals surface area contributed by atoms with Crippen molar-refractivity contribution in [3.05, 3.63) is 29.8 Å². The molecule has 1 N–H and O–H groups in total. The van der Waals surface area contributed by atoms with Crippen molar-refractivity contribution in [1.29, 1.82) is 5.26 Å². The summed E-state index contributed by atoms with van der Waals surface area (Å²) < 4.78 is 26.7. The first-order valence-electron chi connectivity index (χ1n) is 6.04. The van der Waals surface area contributed by atoms with Crippen LogP contribution in [0.3, 0.4) is 0 Å². The maximum Gasteiger partial charge on any atom is 0.241 e. The molecule has 0 radical (unpaired) electrons. The van der Waals surface area contributed by atoms with Gasteiger partial charge in [0.15, 0.2) is 0 Å². The molecule has 0 spiro atoms. The van der Waals surface area contributed by atoms with Crippen LogP contribution >= 0.6 is 0 Å². The molecule has 0 aliphatic rings. The second-order valence-electron chi connectivity index (χ2n) is 4.14. The van der Waals surface area contributed by atoms with Crippen molar-refractivity contribution in [3.63, 3.8) is 0 Å². The van der Waals surface area contributed by atoms with E-state index < -0.39 is 10.0 Å². The van der Waals surface area contributed by atoms with Crippen molar-refractivity contribution in [2.24, 2.45) is 5.92 Å². The molecule has 0 aliphatic heterocycles. The molecule has 4 nitrogen and oxygen atoms in total. The Balaban J connectivity index is 2.91. The Morgan fingerprint density at radius 1 is 1.28 bits per heavy atom. The van der Waals surface area contributed by atoms with E-state index in [4.69, 9.17) is 5.26 Å². The molecular formula is C13H18N2O2S. The number of rotatable bonds is 6. The summed E-state index contributed by atoms with van der Waals surface area (Å²) in [5.41, 5.74) is 0.176. The van der Waals surface area contributed by atoms with Gasteiger partial charge in [-0.2, -0.15) is 5.26 Å². The molecule has 5 heteroatoms. The highest BCUT2D eigenvalue weighted by atomic mass is 32.2. The SMILES string of the molecule is CCC(CC)CNS(=O)(=O)c1ccccc1C#N. The molecule has 0 amide bonds. The van der Waals surface area contributed by atoms with Gasteiger partial charge in [0, 0.05) is 6.54 Å². The third-order valence-corrected chi connectivity index (χ3v) is 4.50. The molecule has 0 atom stereocenters. The summed E-state index contributed by atoms with van der Waals surface area (Å²) in [6, 6.07) is 8.12. The third-order valence-electron chi connectivity index (χ3n) is 3.01. The zero-order valence-corrected chi connectivity index (χ0v) is 11.5. The molecule has 1 aromatic rings. The number of nitrogens with zero attached hydrogens (tertiary/aromatic N) is 1. The maximum absolute atomic E-state index is 12.1. The molecule has 0 heterocycles. The van der Waals surface area contributed by atoms with E-state index in [0.717, 1.165) is 12.8 Å². The molecular weight excluding hydrogens is 248 g/mol. The molecule has 0 saturated heterocycles. The molecule has 1 rings (SSSR count). The summed E-state index contributed by atoms with van der Waals surface area (Å²) >= 11 is 0. The predicted octanol–water partition coefficient (Wildman–Crippen LogP) is 2.27. The lowest BCUT2D eigenvalue weighted by molar-refractivity contribution is 0.479. The average molecular weight is 266 g/mol. The predicted molar refractivity (Wildman–Crippen MR) is 70.4 cm³/mol. The van der Waals surface area contributed by atoms with E-state index in [-0.39, 0.29) is 10.5 Å². The zero-order valence-electron chi connectivity index (χ0n) is 10.7. The van der Waals surface area contributed by atoms with Crippen LogP contribution in [0, 0.1) is 17.2 Å². The topological polar surface area (TPSA) is 70.0 Å². The fraction of sp³-hybridized carbons (Fsp3) is 0.462. The minimum atomic E-state index is -3.59. The van der Waals surface area contributed by atoms with E-state index in [2.05, 4.69) is 4.72 Å². The molecule has 1 aromatic carbocycles. The minimum Gasteiger partial charge on any atom is -0.211 e. The highest BCUT2D eigenvalue weighted by Crippen LogP contribution is 2.15. The van der Waals surface area contributed by atoms with E-state index in [0.29, 0.717) is 12.5 Å². The number of sulfonamides is 1. The van der Waals surface area contributed by atoms with Gasteiger partial charge in [-0.25, -0.2) is 13.1 Å². The maximum atomic E-state index is 12.1. The van der Waals surface area contributed by atoms with Crippen LogP contribution in [0.25, 0.3) is 0 Å². The first-order valence-corrected chi connectivity index (χ1v) is 7.52. The largest absolute Gasteiger partial charge is 0.241 e. The van der Waals surface area contributed by atoms with Crippen molar-refractivity contribution < 1.29 is 8.42 Å². The summed E-state index contributed by atoms with van der Waals surface area (Å²) in [4.78, 5) is 0.0541. The van der Waals surface area contributed by atoms with Gasteiger partial charge in [0.25, 0.3) is 0 Å². The Labute approximate surface area is 109 Å². The second-order valence-corrected chi connectivity index (χ2v) is 5.88. The van der Waals surface area contributed by atoms with Crippen molar-refractivity contribution >= 4 is 10.0 Å². The van der Waals surface area contributed by atoms with E-state index in [1.54, 1.807) is 12.1 Å². The van der Waals surface area contributed by atoms with Crippen molar-refractivity contribution in [1.82, 2.24) is 4.72 Å². The van der Waals surface area contributed by atoms with Crippen LogP contribution in [0.2, 0.25) is 0 Å². The van der Waals surface area contributed by atoms with E-state index >= 15 is 0 Å². The van der Waals surface area contributed by atoms with Crippen LogP contribution in [-0.4, -0.2) is 15.0 Å². The normalized spacial score (nSPS) is 11.4. The molecule has 0 aliphatic carbocycles. The van der Waals surface area contributed by atoms with Crippen LogP contribution in [0.1, 0.15) is 32.3 Å². The minimum absolute atomic E-state index is 0.0541. The first-order chi connectivity index (χ1) is 8.55. The lowest BCUT2D eigenvalue weighted by Crippen LogP contribution is -2.29. The van der Waals surface area contributed by atoms with E-state index in [1.165, 1.54) is 12.1 Å². The molecule has 0 unspecified atom stereocenters. The van der Waals surface area contributed by atoms with Crippen LogP contribution in [0.5, 0.6) is 0 Å². The van der Waals surface area contributed by atoms with Gasteiger partial charge in [0.1, 0.15) is 6.07 Å². The molecule has 0 saturated carbocycles. The highest BCUT2D eigenvalue weighted by molar-refractivity contribution is 7.89. The number of nitriles is 1. The summed E-state index contributed by atoms with van der Waals surface area (Å²) in [6.45, 7) is 4.48. The van der Waals surface area contributed by atoms with Gasteiger partial charge in [0.05, 0.1) is 10.5 Å². The van der Waals surface area contributed by atoms with Gasteiger partial charge < -0.3 is 0 Å². The van der Waals surface area contributed by atoms with Crippen molar-refractivity contribution in [3.8, 4) is 6.07 Å². The van der Waals surface area contributed by atoms with Gasteiger partial charge in [0.2, 0.25) is 10.0 Å². The Morgan fingerprint density at radius 2 is 1.89 bits per heavy atom. The molecule has 18 heavy (non-hydrogen) atoms. The molecule has 0 aromatic heterocycles. The first kappa shape index (κ1) is 14.7.